The van der Waals surface area contributed by atoms with Crippen LogP contribution >= 0.6 is 0 Å². The van der Waals surface area contributed by atoms with Crippen molar-refractivity contribution in [3.05, 3.63) is 46.9 Å². The van der Waals surface area contributed by atoms with Crippen LogP contribution in [-0.4, -0.2) is 14.6 Å². The number of nitrogens with zero attached hydrogens (tertiary/aromatic N) is 2. The van der Waals surface area contributed by atoms with E-state index in [9.17, 15) is 4.79 Å². The van der Waals surface area contributed by atoms with Gasteiger partial charge in [-0.1, -0.05) is 18.2 Å². The maximum atomic E-state index is 11.1. The van der Waals surface area contributed by atoms with Gasteiger partial charge in [0.15, 0.2) is 5.65 Å². The van der Waals surface area contributed by atoms with Crippen LogP contribution in [0.2, 0.25) is 0 Å². The summed E-state index contributed by atoms with van der Waals surface area (Å²) < 4.78 is 1.69. The van der Waals surface area contributed by atoms with Crippen molar-refractivity contribution in [3.63, 3.8) is 0 Å². The van der Waals surface area contributed by atoms with Crippen molar-refractivity contribution in [3.8, 4) is 0 Å². The van der Waals surface area contributed by atoms with E-state index in [-0.39, 0.29) is 5.56 Å². The molecule has 0 spiro atoms. The summed E-state index contributed by atoms with van der Waals surface area (Å²) in [6.45, 7) is 0. The molecule has 0 aliphatic rings. The number of H-pyrrole nitrogens is 1. The summed E-state index contributed by atoms with van der Waals surface area (Å²) in [6, 6.07) is 9.25. The van der Waals surface area contributed by atoms with Crippen molar-refractivity contribution in [1.29, 1.82) is 0 Å². The summed E-state index contributed by atoms with van der Waals surface area (Å²) in [5.41, 5.74) is 1.47. The number of aromatic amines is 1. The standard InChI is InChI=1S/C10H7N3O/c14-10-5-9-11-6-7-3-1-2-4-8(7)13(9)12-10/h1-6H,(H,12,14). The molecule has 14 heavy (non-hydrogen) atoms. The zero-order valence-corrected chi connectivity index (χ0v) is 7.27. The number of para-hydroxylation sites is 1. The second-order valence-corrected chi connectivity index (χ2v) is 3.13. The molecular formula is C10H7N3O. The maximum absolute atomic E-state index is 11.1. The zero-order chi connectivity index (χ0) is 9.54. The summed E-state index contributed by atoms with van der Waals surface area (Å²) in [7, 11) is 0. The highest BCUT2D eigenvalue weighted by atomic mass is 16.1. The van der Waals surface area contributed by atoms with Gasteiger partial charge in [-0.15, -0.1) is 0 Å². The molecule has 1 aromatic carbocycles. The average Bonchev–Trinajstić information content (AvgIpc) is 2.59. The van der Waals surface area contributed by atoms with Crippen molar-refractivity contribution in [2.24, 2.45) is 0 Å². The van der Waals surface area contributed by atoms with Gasteiger partial charge in [-0.3, -0.25) is 9.89 Å². The topological polar surface area (TPSA) is 50.2 Å². The second-order valence-electron chi connectivity index (χ2n) is 3.13. The molecular weight excluding hydrogens is 178 g/mol. The number of nitrogens with one attached hydrogen (secondary N) is 1. The van der Waals surface area contributed by atoms with Gasteiger partial charge in [0.1, 0.15) is 0 Å². The fraction of sp³-hybridized carbons (Fsp3) is 0. The first-order valence-electron chi connectivity index (χ1n) is 4.30. The molecule has 2 aromatic heterocycles. The normalized spacial score (nSPS) is 11.1. The summed E-state index contributed by atoms with van der Waals surface area (Å²) >= 11 is 0. The lowest BCUT2D eigenvalue weighted by atomic mass is 10.2. The Kier molecular flexibility index (Phi) is 1.28. The van der Waals surface area contributed by atoms with Gasteiger partial charge in [-0.2, -0.15) is 0 Å². The Hall–Kier alpha value is -2.10. The van der Waals surface area contributed by atoms with Gasteiger partial charge in [0.2, 0.25) is 0 Å². The van der Waals surface area contributed by atoms with Crippen molar-refractivity contribution >= 4 is 16.6 Å². The minimum Gasteiger partial charge on any atom is -0.268 e. The van der Waals surface area contributed by atoms with Crippen LogP contribution in [0.1, 0.15) is 0 Å². The molecule has 0 saturated heterocycles. The van der Waals surface area contributed by atoms with Crippen molar-refractivity contribution in [1.82, 2.24) is 14.6 Å². The van der Waals surface area contributed by atoms with Crippen LogP contribution in [-0.2, 0) is 0 Å². The molecule has 0 unspecified atom stereocenters. The molecule has 0 saturated carbocycles. The second kappa shape index (κ2) is 2.45. The van der Waals surface area contributed by atoms with Gasteiger partial charge in [0, 0.05) is 17.6 Å². The Balaban J connectivity index is 2.66. The molecule has 0 aliphatic heterocycles. The first kappa shape index (κ1) is 7.32. The highest BCUT2D eigenvalue weighted by Crippen LogP contribution is 2.11. The minimum absolute atomic E-state index is 0.131. The largest absolute Gasteiger partial charge is 0.268 e. The van der Waals surface area contributed by atoms with Gasteiger partial charge in [0.05, 0.1) is 5.52 Å². The minimum atomic E-state index is -0.131. The Morgan fingerprint density at radius 3 is 3.07 bits per heavy atom. The molecule has 0 atom stereocenters. The van der Waals surface area contributed by atoms with E-state index in [0.29, 0.717) is 5.65 Å². The van der Waals surface area contributed by atoms with E-state index in [4.69, 9.17) is 0 Å². The Morgan fingerprint density at radius 2 is 2.14 bits per heavy atom. The average molecular weight is 185 g/mol. The van der Waals surface area contributed by atoms with Crippen molar-refractivity contribution in [2.75, 3.05) is 0 Å². The summed E-state index contributed by atoms with van der Waals surface area (Å²) in [6.07, 6.45) is 1.76. The van der Waals surface area contributed by atoms with Gasteiger partial charge in [-0.05, 0) is 6.07 Å². The van der Waals surface area contributed by atoms with Crippen LogP contribution in [0.25, 0.3) is 16.6 Å². The predicted octanol–water partition coefficient (Wildman–Crippen LogP) is 1.18. The maximum Gasteiger partial charge on any atom is 0.266 e. The molecule has 4 nitrogen and oxygen atoms in total. The highest BCUT2D eigenvalue weighted by molar-refractivity contribution is 5.79. The third kappa shape index (κ3) is 0.877. The SMILES string of the molecule is O=c1cc2ncc3ccccc3n2[nH]1. The van der Waals surface area contributed by atoms with Crippen LogP contribution in [0.3, 0.4) is 0 Å². The molecule has 0 radical (unpaired) electrons. The molecule has 3 aromatic rings. The summed E-state index contributed by atoms with van der Waals surface area (Å²) in [5.74, 6) is 0. The number of fused-ring (bicyclic) bond motifs is 3. The Bertz CT molecular complexity index is 665. The van der Waals surface area contributed by atoms with Crippen LogP contribution in [0.5, 0.6) is 0 Å². The first-order valence-corrected chi connectivity index (χ1v) is 4.30. The van der Waals surface area contributed by atoms with E-state index in [0.717, 1.165) is 10.9 Å². The van der Waals surface area contributed by atoms with Crippen molar-refractivity contribution in [2.45, 2.75) is 0 Å². The number of benzene rings is 1. The van der Waals surface area contributed by atoms with E-state index in [2.05, 4.69) is 10.1 Å². The quantitative estimate of drug-likeness (QED) is 0.571. The number of rotatable bonds is 0. The monoisotopic (exact) mass is 185 g/mol. The predicted molar refractivity (Wildman–Crippen MR) is 53.3 cm³/mol. The number of hydrogen-bond acceptors (Lipinski definition) is 2. The lowest BCUT2D eigenvalue weighted by Crippen LogP contribution is -1.99. The third-order valence-electron chi connectivity index (χ3n) is 2.22. The van der Waals surface area contributed by atoms with E-state index in [1.165, 1.54) is 6.07 Å². The van der Waals surface area contributed by atoms with Gasteiger partial charge >= 0.3 is 0 Å². The molecule has 68 valence electrons. The lowest BCUT2D eigenvalue weighted by Gasteiger charge is -1.99. The number of aromatic nitrogens is 3. The molecule has 3 rings (SSSR count). The van der Waals surface area contributed by atoms with Crippen LogP contribution in [0, 0.1) is 0 Å². The molecule has 1 N–H and O–H groups in total. The molecule has 0 aliphatic carbocycles. The Labute approximate surface area is 78.8 Å². The van der Waals surface area contributed by atoms with Gasteiger partial charge in [0.25, 0.3) is 5.56 Å². The third-order valence-corrected chi connectivity index (χ3v) is 2.22. The van der Waals surface area contributed by atoms with Crippen LogP contribution in [0.15, 0.2) is 41.3 Å². The highest BCUT2D eigenvalue weighted by Gasteiger charge is 2.00. The van der Waals surface area contributed by atoms with Crippen LogP contribution in [0.4, 0.5) is 0 Å². The zero-order valence-electron chi connectivity index (χ0n) is 7.27. The fourth-order valence-electron chi connectivity index (χ4n) is 1.60. The van der Waals surface area contributed by atoms with E-state index in [1.807, 2.05) is 24.3 Å². The van der Waals surface area contributed by atoms with E-state index in [1.54, 1.807) is 10.7 Å². The number of hydrogen-bond donors (Lipinski definition) is 1. The van der Waals surface area contributed by atoms with E-state index < -0.39 is 0 Å². The molecule has 2 heterocycles. The molecule has 0 fully saturated rings. The summed E-state index contributed by atoms with van der Waals surface area (Å²) in [4.78, 5) is 15.3. The lowest BCUT2D eigenvalue weighted by molar-refractivity contribution is 0.960. The Morgan fingerprint density at radius 1 is 1.29 bits per heavy atom. The van der Waals surface area contributed by atoms with Gasteiger partial charge < -0.3 is 0 Å². The fourth-order valence-corrected chi connectivity index (χ4v) is 1.60. The summed E-state index contributed by atoms with van der Waals surface area (Å²) in [5, 5.41) is 3.71. The van der Waals surface area contributed by atoms with Crippen LogP contribution < -0.4 is 5.56 Å². The molecule has 0 bridgehead atoms. The molecule has 4 heteroatoms. The first-order chi connectivity index (χ1) is 6.84. The van der Waals surface area contributed by atoms with Gasteiger partial charge in [-0.25, -0.2) is 9.50 Å². The molecule has 0 amide bonds. The van der Waals surface area contributed by atoms with Crippen molar-refractivity contribution < 1.29 is 0 Å². The van der Waals surface area contributed by atoms with E-state index >= 15 is 0 Å². The smallest absolute Gasteiger partial charge is 0.266 e.